The molecule has 0 fully saturated rings. The fourth-order valence-corrected chi connectivity index (χ4v) is 1.48. The molecule has 0 unspecified atom stereocenters. The highest BCUT2D eigenvalue weighted by Crippen LogP contribution is 2.07. The Balaban J connectivity index is 2.45. The van der Waals surface area contributed by atoms with Gasteiger partial charge >= 0.3 is 0 Å². The Bertz CT molecular complexity index is 264. The van der Waals surface area contributed by atoms with Gasteiger partial charge in [-0.05, 0) is 18.4 Å². The van der Waals surface area contributed by atoms with E-state index in [0.717, 1.165) is 12.1 Å². The smallest absolute Gasteiger partial charge is 0.169 e. The minimum Gasteiger partial charge on any atom is -0.297 e. The molecule has 0 saturated carbocycles. The largest absolute Gasteiger partial charge is 0.297 e. The summed E-state index contributed by atoms with van der Waals surface area (Å²) in [5.74, 6) is 0.147. The van der Waals surface area contributed by atoms with E-state index >= 15 is 0 Å². The summed E-state index contributed by atoms with van der Waals surface area (Å²) in [6.07, 6.45) is 2.10. The van der Waals surface area contributed by atoms with Gasteiger partial charge in [0.2, 0.25) is 0 Å². The van der Waals surface area contributed by atoms with Gasteiger partial charge in [0.25, 0.3) is 0 Å². The molecule has 0 atom stereocenters. The molecule has 1 heterocycles. The first kappa shape index (κ1) is 9.13. The molecule has 0 aromatic carbocycles. The zero-order valence-corrected chi connectivity index (χ0v) is 7.80. The monoisotopic (exact) mass is 181 g/mol. The Kier molecular flexibility index (Phi) is 3.67. The number of hydrogen-bond acceptors (Lipinski definition) is 3. The van der Waals surface area contributed by atoms with Crippen molar-refractivity contribution >= 4 is 23.3 Å². The van der Waals surface area contributed by atoms with E-state index in [4.69, 9.17) is 0 Å². The fourth-order valence-electron chi connectivity index (χ4n) is 0.818. The Hall–Kier alpha value is -0.960. The lowest BCUT2D eigenvalue weighted by atomic mass is 10.2. The Labute approximate surface area is 76.0 Å². The number of carbonyl (C=O) groups is 1. The number of rotatable bonds is 4. The molecule has 0 spiro atoms. The quantitative estimate of drug-likeness (QED) is 0.518. The molecule has 0 N–H and O–H groups in total. The van der Waals surface area contributed by atoms with Crippen molar-refractivity contribution in [3.05, 3.63) is 22.4 Å². The molecule has 1 aromatic heterocycles. The number of ketones is 1. The van der Waals surface area contributed by atoms with Crippen LogP contribution in [0.3, 0.4) is 0 Å². The molecule has 0 aliphatic heterocycles. The Morgan fingerprint density at radius 3 is 3.17 bits per heavy atom. The van der Waals surface area contributed by atoms with Crippen LogP contribution in [0.4, 0.5) is 0 Å². The first-order valence-corrected chi connectivity index (χ1v) is 4.82. The summed E-state index contributed by atoms with van der Waals surface area (Å²) in [6, 6.07) is 1.84. The number of hydrogen-bond donors (Lipinski definition) is 0. The van der Waals surface area contributed by atoms with Gasteiger partial charge in [-0.2, -0.15) is 11.3 Å². The average molecular weight is 181 g/mol. The SMILES string of the molecule is CCN=CCC(=O)c1ccsc1. The van der Waals surface area contributed by atoms with E-state index in [0.29, 0.717) is 6.42 Å². The van der Waals surface area contributed by atoms with E-state index in [1.165, 1.54) is 0 Å². The molecular weight excluding hydrogens is 170 g/mol. The van der Waals surface area contributed by atoms with Crippen LogP contribution in [0, 0.1) is 0 Å². The van der Waals surface area contributed by atoms with Gasteiger partial charge in [-0.15, -0.1) is 0 Å². The summed E-state index contributed by atoms with van der Waals surface area (Å²) in [6.45, 7) is 2.70. The van der Waals surface area contributed by atoms with Gasteiger partial charge in [0.1, 0.15) is 0 Å². The molecule has 0 bridgehead atoms. The highest BCUT2D eigenvalue weighted by molar-refractivity contribution is 7.08. The summed E-state index contributed by atoms with van der Waals surface area (Å²) >= 11 is 1.54. The maximum Gasteiger partial charge on any atom is 0.169 e. The van der Waals surface area contributed by atoms with Crippen LogP contribution in [-0.2, 0) is 0 Å². The average Bonchev–Trinajstić information content (AvgIpc) is 2.56. The summed E-state index contributed by atoms with van der Waals surface area (Å²) < 4.78 is 0. The van der Waals surface area contributed by atoms with Crippen LogP contribution < -0.4 is 0 Å². The van der Waals surface area contributed by atoms with Crippen LogP contribution in [0.5, 0.6) is 0 Å². The van der Waals surface area contributed by atoms with Crippen molar-refractivity contribution in [2.24, 2.45) is 4.99 Å². The molecule has 3 heteroatoms. The highest BCUT2D eigenvalue weighted by Gasteiger charge is 2.02. The molecule has 1 aromatic rings. The molecule has 1 rings (SSSR count). The van der Waals surface area contributed by atoms with Gasteiger partial charge in [-0.25, -0.2) is 0 Å². The van der Waals surface area contributed by atoms with Gasteiger partial charge < -0.3 is 0 Å². The number of aliphatic imine (C=N–C) groups is 1. The second kappa shape index (κ2) is 4.83. The lowest BCUT2D eigenvalue weighted by molar-refractivity contribution is 0.100. The second-order valence-corrected chi connectivity index (χ2v) is 3.10. The van der Waals surface area contributed by atoms with Crippen LogP contribution in [0.25, 0.3) is 0 Å². The molecule has 0 aliphatic rings. The molecule has 12 heavy (non-hydrogen) atoms. The van der Waals surface area contributed by atoms with Crippen molar-refractivity contribution < 1.29 is 4.79 Å². The first-order valence-electron chi connectivity index (χ1n) is 3.88. The Morgan fingerprint density at radius 2 is 2.58 bits per heavy atom. The van der Waals surface area contributed by atoms with E-state index in [2.05, 4.69) is 4.99 Å². The second-order valence-electron chi connectivity index (χ2n) is 2.32. The van der Waals surface area contributed by atoms with E-state index in [-0.39, 0.29) is 5.78 Å². The number of nitrogens with zero attached hydrogens (tertiary/aromatic N) is 1. The van der Waals surface area contributed by atoms with Gasteiger partial charge in [-0.1, -0.05) is 0 Å². The number of Topliss-reactive ketones (excluding diaryl/α,β-unsaturated/α-hetero) is 1. The fraction of sp³-hybridized carbons (Fsp3) is 0.333. The van der Waals surface area contributed by atoms with Crippen LogP contribution in [0.1, 0.15) is 23.7 Å². The van der Waals surface area contributed by atoms with Crippen molar-refractivity contribution in [1.29, 1.82) is 0 Å². The third kappa shape index (κ3) is 2.58. The summed E-state index contributed by atoms with van der Waals surface area (Å²) in [5.41, 5.74) is 0.794. The Morgan fingerprint density at radius 1 is 1.75 bits per heavy atom. The van der Waals surface area contributed by atoms with Crippen molar-refractivity contribution in [3.63, 3.8) is 0 Å². The minimum absolute atomic E-state index is 0.147. The van der Waals surface area contributed by atoms with Crippen LogP contribution in [-0.4, -0.2) is 18.5 Å². The third-order valence-electron chi connectivity index (χ3n) is 1.43. The van der Waals surface area contributed by atoms with Crippen LogP contribution in [0.2, 0.25) is 0 Å². The van der Waals surface area contributed by atoms with E-state index in [1.54, 1.807) is 17.6 Å². The lowest BCUT2D eigenvalue weighted by Gasteiger charge is -1.89. The van der Waals surface area contributed by atoms with Gasteiger partial charge in [0, 0.05) is 30.1 Å². The first-order chi connectivity index (χ1) is 5.84. The standard InChI is InChI=1S/C9H11NOS/c1-2-10-5-3-9(11)8-4-6-12-7-8/h4-7H,2-3H2,1H3. The van der Waals surface area contributed by atoms with Gasteiger partial charge in [0.05, 0.1) is 0 Å². The molecule has 0 amide bonds. The van der Waals surface area contributed by atoms with Crippen molar-refractivity contribution in [2.45, 2.75) is 13.3 Å². The maximum atomic E-state index is 11.3. The predicted octanol–water partition coefficient (Wildman–Crippen LogP) is 2.41. The zero-order valence-electron chi connectivity index (χ0n) is 6.99. The van der Waals surface area contributed by atoms with E-state index in [1.807, 2.05) is 23.8 Å². The molecule has 0 saturated heterocycles. The highest BCUT2D eigenvalue weighted by atomic mass is 32.1. The molecule has 64 valence electrons. The molecule has 2 nitrogen and oxygen atoms in total. The zero-order chi connectivity index (χ0) is 8.81. The van der Waals surface area contributed by atoms with E-state index < -0.39 is 0 Å². The lowest BCUT2D eigenvalue weighted by Crippen LogP contribution is -1.97. The summed E-state index contributed by atoms with van der Waals surface area (Å²) in [7, 11) is 0. The van der Waals surface area contributed by atoms with Gasteiger partial charge in [-0.3, -0.25) is 9.79 Å². The van der Waals surface area contributed by atoms with Crippen molar-refractivity contribution in [3.8, 4) is 0 Å². The van der Waals surface area contributed by atoms with Crippen LogP contribution >= 0.6 is 11.3 Å². The third-order valence-corrected chi connectivity index (χ3v) is 2.11. The topological polar surface area (TPSA) is 29.4 Å². The predicted molar refractivity (Wildman–Crippen MR) is 52.3 cm³/mol. The minimum atomic E-state index is 0.147. The number of thiophene rings is 1. The van der Waals surface area contributed by atoms with Crippen molar-refractivity contribution in [2.75, 3.05) is 6.54 Å². The van der Waals surface area contributed by atoms with Crippen LogP contribution in [0.15, 0.2) is 21.8 Å². The van der Waals surface area contributed by atoms with Gasteiger partial charge in [0.15, 0.2) is 5.78 Å². The molecule has 0 radical (unpaired) electrons. The maximum absolute atomic E-state index is 11.3. The summed E-state index contributed by atoms with van der Waals surface area (Å²) in [4.78, 5) is 15.3. The molecular formula is C9H11NOS. The summed E-state index contributed by atoms with van der Waals surface area (Å²) in [5, 5.41) is 3.77. The molecule has 0 aliphatic carbocycles. The van der Waals surface area contributed by atoms with E-state index in [9.17, 15) is 4.79 Å². The normalized spacial score (nSPS) is 10.8. The number of carbonyl (C=O) groups excluding carboxylic acids is 1. The van der Waals surface area contributed by atoms with Crippen molar-refractivity contribution in [1.82, 2.24) is 0 Å².